The summed E-state index contributed by atoms with van der Waals surface area (Å²) in [5, 5.41) is 20.3. The molecule has 43 heavy (non-hydrogen) atoms. The van der Waals surface area contributed by atoms with Gasteiger partial charge in [-0.3, -0.25) is 18.2 Å². The number of nitrogens with zero attached hydrogens (tertiary/aromatic N) is 1. The van der Waals surface area contributed by atoms with Gasteiger partial charge in [0.05, 0.1) is 23.6 Å². The molecule has 0 spiro atoms. The summed E-state index contributed by atoms with van der Waals surface area (Å²) >= 11 is 0. The van der Waals surface area contributed by atoms with Crippen molar-refractivity contribution in [2.45, 2.75) is 44.8 Å². The van der Waals surface area contributed by atoms with Gasteiger partial charge in [0, 0.05) is 37.4 Å². The highest BCUT2D eigenvalue weighted by molar-refractivity contribution is 8.25. The molecule has 3 aromatic carbocycles. The molecular weight excluding hydrogens is 585 g/mol. The molecule has 1 fully saturated rings. The van der Waals surface area contributed by atoms with Crippen molar-refractivity contribution in [3.05, 3.63) is 89.5 Å². The Kier molecular flexibility index (Phi) is 10.8. The van der Waals surface area contributed by atoms with E-state index in [4.69, 9.17) is 0 Å². The first kappa shape index (κ1) is 32.4. The van der Waals surface area contributed by atoms with Crippen molar-refractivity contribution in [2.24, 2.45) is 0 Å². The number of carbonyl (C=O) groups is 1. The van der Waals surface area contributed by atoms with Crippen LogP contribution in [-0.4, -0.2) is 64.0 Å². The minimum atomic E-state index is -4.80. The van der Waals surface area contributed by atoms with Crippen LogP contribution < -0.4 is 25.0 Å². The standard InChI is InChI=1S/C30H37F3N4O5S/c1-2-35-24-16-23(17-25(18-24)37-12-7-13-43(37,40)41)29(39)36-27(15-21-8-4-3-5-9-21)28(38)20-34-19-22-10-6-11-26(14-22)42-30(31,32)33/h3-6,8-11,14,16-18,27-28,34-35,38,40-41H,2,7,12-13,15,19-20H2,1H3,(H,36,39)/t27-,28+/m0/s1. The molecule has 0 aromatic heterocycles. The Balaban J connectivity index is 1.49. The maximum absolute atomic E-state index is 13.6. The van der Waals surface area contributed by atoms with E-state index in [9.17, 15) is 32.2 Å². The van der Waals surface area contributed by atoms with Crippen LogP contribution in [-0.2, 0) is 13.0 Å². The molecule has 0 radical (unpaired) electrons. The molecule has 1 saturated heterocycles. The fourth-order valence-corrected chi connectivity index (χ4v) is 6.51. The van der Waals surface area contributed by atoms with Crippen LogP contribution in [0.2, 0.25) is 0 Å². The van der Waals surface area contributed by atoms with Gasteiger partial charge in [-0.05, 0) is 61.2 Å². The van der Waals surface area contributed by atoms with E-state index < -0.39 is 35.2 Å². The van der Waals surface area contributed by atoms with Gasteiger partial charge in [-0.25, -0.2) is 0 Å². The molecule has 6 N–H and O–H groups in total. The van der Waals surface area contributed by atoms with E-state index in [2.05, 4.69) is 20.7 Å². The molecule has 3 aromatic rings. The number of alkyl halides is 3. The highest BCUT2D eigenvalue weighted by Crippen LogP contribution is 2.51. The molecule has 1 amide bonds. The van der Waals surface area contributed by atoms with Crippen molar-refractivity contribution >= 4 is 28.1 Å². The second kappa shape index (κ2) is 14.3. The largest absolute Gasteiger partial charge is 0.573 e. The minimum Gasteiger partial charge on any atom is -0.406 e. The second-order valence-corrected chi connectivity index (χ2v) is 12.4. The average Bonchev–Trinajstić information content (AvgIpc) is 3.31. The molecule has 4 rings (SSSR count). The third-order valence-electron chi connectivity index (χ3n) is 6.88. The van der Waals surface area contributed by atoms with Gasteiger partial charge in [-0.1, -0.05) is 42.5 Å². The lowest BCUT2D eigenvalue weighted by Crippen LogP contribution is -2.48. The smallest absolute Gasteiger partial charge is 0.406 e. The zero-order valence-corrected chi connectivity index (χ0v) is 24.5. The van der Waals surface area contributed by atoms with Crippen LogP contribution in [0, 0.1) is 0 Å². The van der Waals surface area contributed by atoms with Crippen molar-refractivity contribution in [2.75, 3.05) is 35.0 Å². The lowest BCUT2D eigenvalue weighted by molar-refractivity contribution is -0.274. The monoisotopic (exact) mass is 622 g/mol. The van der Waals surface area contributed by atoms with Crippen LogP contribution in [0.3, 0.4) is 0 Å². The Morgan fingerprint density at radius 1 is 1.05 bits per heavy atom. The van der Waals surface area contributed by atoms with E-state index >= 15 is 0 Å². The summed E-state index contributed by atoms with van der Waals surface area (Å²) < 4.78 is 64.3. The van der Waals surface area contributed by atoms with E-state index in [1.807, 2.05) is 37.3 Å². The van der Waals surface area contributed by atoms with Crippen LogP contribution in [0.5, 0.6) is 5.75 Å². The Morgan fingerprint density at radius 2 is 1.79 bits per heavy atom. The van der Waals surface area contributed by atoms with Gasteiger partial charge < -0.3 is 25.8 Å². The van der Waals surface area contributed by atoms with Gasteiger partial charge in [0.2, 0.25) is 0 Å². The number of aliphatic hydroxyl groups excluding tert-OH is 1. The van der Waals surface area contributed by atoms with Crippen LogP contribution in [0.4, 0.5) is 24.5 Å². The summed E-state index contributed by atoms with van der Waals surface area (Å²) in [6.07, 6.45) is -4.92. The highest BCUT2D eigenvalue weighted by atomic mass is 32.3. The fourth-order valence-electron chi connectivity index (χ4n) is 4.91. The number of anilines is 2. The lowest BCUT2D eigenvalue weighted by Gasteiger charge is -2.38. The van der Waals surface area contributed by atoms with Crippen molar-refractivity contribution in [1.29, 1.82) is 0 Å². The first-order chi connectivity index (χ1) is 20.4. The third-order valence-corrected chi connectivity index (χ3v) is 8.81. The number of hydrogen-bond acceptors (Lipinski definition) is 8. The van der Waals surface area contributed by atoms with Crippen LogP contribution in [0.25, 0.3) is 0 Å². The number of rotatable bonds is 13. The Hall–Kier alpha value is -3.49. The van der Waals surface area contributed by atoms with Crippen molar-refractivity contribution in [3.8, 4) is 5.75 Å². The van der Waals surface area contributed by atoms with Crippen LogP contribution >= 0.6 is 10.8 Å². The summed E-state index contributed by atoms with van der Waals surface area (Å²) in [4.78, 5) is 13.6. The number of aliphatic hydroxyl groups is 1. The fraction of sp³-hybridized carbons (Fsp3) is 0.367. The number of amides is 1. The third kappa shape index (κ3) is 9.50. The predicted octanol–water partition coefficient (Wildman–Crippen LogP) is 5.38. The lowest BCUT2D eigenvalue weighted by atomic mass is 10.00. The van der Waals surface area contributed by atoms with E-state index in [1.165, 1.54) is 22.5 Å². The number of nitrogens with one attached hydrogen (secondary N) is 3. The number of benzene rings is 3. The summed E-state index contributed by atoms with van der Waals surface area (Å²) in [6.45, 7) is 3.15. The SMILES string of the molecule is CCNc1cc(C(=O)N[C@@H](Cc2ccccc2)[C@H](O)CNCc2cccc(OC(F)(F)F)c2)cc(N2CCCS2(O)O)c1. The molecule has 0 bridgehead atoms. The molecule has 13 heteroatoms. The summed E-state index contributed by atoms with van der Waals surface area (Å²) in [5.74, 6) is -0.526. The maximum Gasteiger partial charge on any atom is 0.573 e. The van der Waals surface area contributed by atoms with Gasteiger partial charge in [0.1, 0.15) is 5.75 Å². The summed E-state index contributed by atoms with van der Waals surface area (Å²) in [7, 11) is -2.97. The Morgan fingerprint density at radius 3 is 2.47 bits per heavy atom. The molecular formula is C30H37F3N4O5S. The molecule has 9 nitrogen and oxygen atoms in total. The van der Waals surface area contributed by atoms with E-state index in [0.29, 0.717) is 42.9 Å². The number of halogens is 3. The number of ether oxygens (including phenoxy) is 1. The molecule has 1 aliphatic rings. The molecule has 1 aliphatic heterocycles. The van der Waals surface area contributed by atoms with Crippen molar-refractivity contribution in [3.63, 3.8) is 0 Å². The van der Waals surface area contributed by atoms with Crippen molar-refractivity contribution in [1.82, 2.24) is 10.6 Å². The van der Waals surface area contributed by atoms with Gasteiger partial charge >= 0.3 is 6.36 Å². The Labute approximate surface area is 250 Å². The predicted molar refractivity (Wildman–Crippen MR) is 163 cm³/mol. The van der Waals surface area contributed by atoms with Crippen LogP contribution in [0.1, 0.15) is 34.8 Å². The molecule has 2 atom stereocenters. The number of carbonyl (C=O) groups excluding carboxylic acids is 1. The van der Waals surface area contributed by atoms with Gasteiger partial charge in [-0.15, -0.1) is 23.9 Å². The van der Waals surface area contributed by atoms with Gasteiger partial charge in [0.15, 0.2) is 0 Å². The summed E-state index contributed by atoms with van der Waals surface area (Å²) in [6, 6.07) is 19.2. The first-order valence-electron chi connectivity index (χ1n) is 13.9. The molecule has 0 aliphatic carbocycles. The average molecular weight is 623 g/mol. The van der Waals surface area contributed by atoms with Gasteiger partial charge in [-0.2, -0.15) is 0 Å². The van der Waals surface area contributed by atoms with Gasteiger partial charge in [0.25, 0.3) is 5.91 Å². The second-order valence-electron chi connectivity index (χ2n) is 10.3. The summed E-state index contributed by atoms with van der Waals surface area (Å²) in [5.41, 5.74) is 2.86. The van der Waals surface area contributed by atoms with E-state index in [-0.39, 0.29) is 30.2 Å². The zero-order chi connectivity index (χ0) is 31.0. The van der Waals surface area contributed by atoms with E-state index in [0.717, 1.165) is 5.56 Å². The molecule has 0 unspecified atom stereocenters. The van der Waals surface area contributed by atoms with Crippen molar-refractivity contribution < 1.29 is 36.9 Å². The minimum absolute atomic E-state index is 0.0412. The number of hydrogen-bond donors (Lipinski definition) is 6. The quantitative estimate of drug-likeness (QED) is 0.150. The normalized spacial score (nSPS) is 16.8. The molecule has 0 saturated carbocycles. The molecule has 234 valence electrons. The topological polar surface area (TPSA) is 126 Å². The zero-order valence-electron chi connectivity index (χ0n) is 23.7. The highest BCUT2D eigenvalue weighted by Gasteiger charge is 2.32. The molecule has 1 heterocycles. The maximum atomic E-state index is 13.6. The Bertz CT molecular complexity index is 1360. The van der Waals surface area contributed by atoms with E-state index in [1.54, 1.807) is 24.3 Å². The first-order valence-corrected chi connectivity index (χ1v) is 15.6. The van der Waals surface area contributed by atoms with Crippen LogP contribution in [0.15, 0.2) is 72.8 Å².